The highest BCUT2D eigenvalue weighted by Crippen LogP contribution is 2.60. The summed E-state index contributed by atoms with van der Waals surface area (Å²) in [5, 5.41) is 10.6. The Bertz CT molecular complexity index is 358. The molecule has 2 aliphatic carbocycles. The van der Waals surface area contributed by atoms with Gasteiger partial charge < -0.3 is 5.11 Å². The molecule has 0 amide bonds. The summed E-state index contributed by atoms with van der Waals surface area (Å²) in [5.74, 6) is 1.29. The third-order valence-corrected chi connectivity index (χ3v) is 4.83. The monoisotopic (exact) mass is 230 g/mol. The molecule has 0 bridgehead atoms. The molecule has 1 aromatic rings. The van der Waals surface area contributed by atoms with Gasteiger partial charge >= 0.3 is 0 Å². The van der Waals surface area contributed by atoms with E-state index in [0.717, 1.165) is 19.3 Å². The molecule has 0 heterocycles. The van der Waals surface area contributed by atoms with Gasteiger partial charge in [0.05, 0.1) is 5.60 Å². The van der Waals surface area contributed by atoms with Crippen molar-refractivity contribution in [2.24, 2.45) is 11.8 Å². The third-order valence-electron chi connectivity index (χ3n) is 4.83. The van der Waals surface area contributed by atoms with Crippen LogP contribution in [-0.4, -0.2) is 10.7 Å². The number of hydrogen-bond donors (Lipinski definition) is 1. The van der Waals surface area contributed by atoms with Crippen LogP contribution in [0.4, 0.5) is 0 Å². The Hall–Kier alpha value is -0.820. The van der Waals surface area contributed by atoms with Crippen molar-refractivity contribution in [1.82, 2.24) is 0 Å². The Kier molecular flexibility index (Phi) is 2.96. The maximum atomic E-state index is 10.6. The number of hydrogen-bond acceptors (Lipinski definition) is 1. The molecular formula is C16H22O. The largest absolute Gasteiger partial charge is 0.389 e. The second-order valence-corrected chi connectivity index (χ2v) is 5.83. The molecule has 2 atom stereocenters. The Balaban J connectivity index is 1.49. The van der Waals surface area contributed by atoms with Crippen LogP contribution in [0.25, 0.3) is 0 Å². The van der Waals surface area contributed by atoms with Crippen molar-refractivity contribution in [1.29, 1.82) is 0 Å². The summed E-state index contributed by atoms with van der Waals surface area (Å²) < 4.78 is 0. The van der Waals surface area contributed by atoms with E-state index >= 15 is 0 Å². The number of rotatable bonds is 4. The first-order chi connectivity index (χ1) is 8.31. The molecule has 2 fully saturated rings. The lowest BCUT2D eigenvalue weighted by Gasteiger charge is -2.10. The van der Waals surface area contributed by atoms with Gasteiger partial charge in [-0.05, 0) is 49.5 Å². The molecule has 1 aromatic carbocycles. The van der Waals surface area contributed by atoms with Gasteiger partial charge in [-0.15, -0.1) is 0 Å². The molecule has 1 heteroatoms. The van der Waals surface area contributed by atoms with Crippen molar-refractivity contribution in [3.05, 3.63) is 35.9 Å². The molecule has 0 aromatic heterocycles. The quantitative estimate of drug-likeness (QED) is 0.838. The number of fused-ring (bicyclic) bond motifs is 1. The lowest BCUT2D eigenvalue weighted by atomic mass is 10.0. The third kappa shape index (κ3) is 2.13. The summed E-state index contributed by atoms with van der Waals surface area (Å²) in [4.78, 5) is 0. The fraction of sp³-hybridized carbons (Fsp3) is 0.625. The predicted octanol–water partition coefficient (Wildman–Crippen LogP) is 3.56. The standard InChI is InChI=1S/C16H22O/c17-16(14-10-4-5-11-15(14)16)12-6-9-13-7-2-1-3-8-13/h1-3,7-8,14-15,17H,4-6,9-12H2. The SMILES string of the molecule is OC1(CCCc2ccccc2)C2CCCCC21. The van der Waals surface area contributed by atoms with Crippen LogP contribution >= 0.6 is 0 Å². The first kappa shape index (κ1) is 11.3. The maximum Gasteiger partial charge on any atom is 0.0711 e. The Labute approximate surface area is 104 Å². The molecule has 0 saturated heterocycles. The molecule has 2 saturated carbocycles. The number of aryl methyl sites for hydroxylation is 1. The van der Waals surface area contributed by atoms with Gasteiger partial charge in [-0.3, -0.25) is 0 Å². The number of aliphatic hydroxyl groups is 1. The van der Waals surface area contributed by atoms with Crippen LogP contribution in [0, 0.1) is 11.8 Å². The first-order valence-corrected chi connectivity index (χ1v) is 7.07. The molecule has 3 rings (SSSR count). The van der Waals surface area contributed by atoms with E-state index in [-0.39, 0.29) is 5.60 Å². The summed E-state index contributed by atoms with van der Waals surface area (Å²) in [6.07, 6.45) is 8.47. The molecular weight excluding hydrogens is 208 g/mol. The zero-order valence-electron chi connectivity index (χ0n) is 10.4. The fourth-order valence-electron chi connectivity index (χ4n) is 3.81. The van der Waals surface area contributed by atoms with Crippen LogP contribution in [-0.2, 0) is 6.42 Å². The summed E-state index contributed by atoms with van der Waals surface area (Å²) in [6, 6.07) is 10.6. The molecule has 2 aliphatic rings. The fourth-order valence-corrected chi connectivity index (χ4v) is 3.81. The molecule has 0 aliphatic heterocycles. The van der Waals surface area contributed by atoms with E-state index in [9.17, 15) is 5.11 Å². The van der Waals surface area contributed by atoms with Crippen molar-refractivity contribution in [3.8, 4) is 0 Å². The van der Waals surface area contributed by atoms with Gasteiger partial charge in [0.2, 0.25) is 0 Å². The average Bonchev–Trinajstić information content (AvgIpc) is 2.97. The van der Waals surface area contributed by atoms with E-state index in [0.29, 0.717) is 11.8 Å². The minimum Gasteiger partial charge on any atom is -0.389 e. The van der Waals surface area contributed by atoms with E-state index in [2.05, 4.69) is 30.3 Å². The van der Waals surface area contributed by atoms with E-state index < -0.39 is 0 Å². The van der Waals surface area contributed by atoms with Crippen LogP contribution in [0.15, 0.2) is 30.3 Å². The minimum absolute atomic E-state index is 0.273. The Morgan fingerprint density at radius 3 is 2.35 bits per heavy atom. The minimum atomic E-state index is -0.273. The topological polar surface area (TPSA) is 20.2 Å². The molecule has 0 spiro atoms. The Morgan fingerprint density at radius 2 is 1.71 bits per heavy atom. The van der Waals surface area contributed by atoms with Crippen molar-refractivity contribution in [3.63, 3.8) is 0 Å². The Morgan fingerprint density at radius 1 is 1.06 bits per heavy atom. The van der Waals surface area contributed by atoms with Crippen LogP contribution < -0.4 is 0 Å². The van der Waals surface area contributed by atoms with E-state index in [4.69, 9.17) is 0 Å². The molecule has 17 heavy (non-hydrogen) atoms. The summed E-state index contributed by atoms with van der Waals surface area (Å²) in [7, 11) is 0. The maximum absolute atomic E-state index is 10.6. The van der Waals surface area contributed by atoms with Crippen LogP contribution in [0.5, 0.6) is 0 Å². The van der Waals surface area contributed by atoms with Gasteiger partial charge in [-0.25, -0.2) is 0 Å². The van der Waals surface area contributed by atoms with Gasteiger partial charge in [0.15, 0.2) is 0 Å². The van der Waals surface area contributed by atoms with E-state index in [1.165, 1.54) is 31.2 Å². The van der Waals surface area contributed by atoms with Gasteiger partial charge in [0.1, 0.15) is 0 Å². The lowest BCUT2D eigenvalue weighted by Crippen LogP contribution is -2.12. The summed E-state index contributed by atoms with van der Waals surface area (Å²) in [6.45, 7) is 0. The highest BCUT2D eigenvalue weighted by atomic mass is 16.3. The van der Waals surface area contributed by atoms with Gasteiger partial charge in [0.25, 0.3) is 0 Å². The highest BCUT2D eigenvalue weighted by Gasteiger charge is 2.62. The smallest absolute Gasteiger partial charge is 0.0711 e. The van der Waals surface area contributed by atoms with Crippen LogP contribution in [0.3, 0.4) is 0 Å². The molecule has 2 unspecified atom stereocenters. The van der Waals surface area contributed by atoms with E-state index in [1.54, 1.807) is 0 Å². The van der Waals surface area contributed by atoms with Crippen molar-refractivity contribution in [2.45, 2.75) is 50.5 Å². The zero-order chi connectivity index (χ0) is 11.7. The van der Waals surface area contributed by atoms with Crippen molar-refractivity contribution >= 4 is 0 Å². The van der Waals surface area contributed by atoms with Crippen molar-refractivity contribution in [2.75, 3.05) is 0 Å². The average molecular weight is 230 g/mol. The van der Waals surface area contributed by atoms with Crippen LogP contribution in [0.2, 0.25) is 0 Å². The molecule has 0 radical (unpaired) electrons. The normalized spacial score (nSPS) is 35.4. The molecule has 1 N–H and O–H groups in total. The molecule has 92 valence electrons. The van der Waals surface area contributed by atoms with Gasteiger partial charge in [-0.1, -0.05) is 43.2 Å². The second kappa shape index (κ2) is 4.45. The summed E-state index contributed by atoms with van der Waals surface area (Å²) in [5.41, 5.74) is 1.13. The lowest BCUT2D eigenvalue weighted by molar-refractivity contribution is 0.106. The predicted molar refractivity (Wildman–Crippen MR) is 69.8 cm³/mol. The van der Waals surface area contributed by atoms with E-state index in [1.807, 2.05) is 0 Å². The zero-order valence-corrected chi connectivity index (χ0v) is 10.4. The second-order valence-electron chi connectivity index (χ2n) is 5.83. The highest BCUT2D eigenvalue weighted by molar-refractivity contribution is 5.16. The summed E-state index contributed by atoms with van der Waals surface area (Å²) >= 11 is 0. The van der Waals surface area contributed by atoms with Gasteiger partial charge in [0, 0.05) is 0 Å². The van der Waals surface area contributed by atoms with Gasteiger partial charge in [-0.2, -0.15) is 0 Å². The van der Waals surface area contributed by atoms with Crippen LogP contribution in [0.1, 0.15) is 44.1 Å². The first-order valence-electron chi connectivity index (χ1n) is 7.07. The van der Waals surface area contributed by atoms with Crippen molar-refractivity contribution < 1.29 is 5.11 Å². The molecule has 1 nitrogen and oxygen atoms in total. The number of benzene rings is 1.